The van der Waals surface area contributed by atoms with E-state index in [4.69, 9.17) is 15.0 Å². The molecule has 0 fully saturated rings. The van der Waals surface area contributed by atoms with Gasteiger partial charge < -0.3 is 4.57 Å². The molecule has 2 aromatic heterocycles. The molecule has 262 valence electrons. The lowest BCUT2D eigenvalue weighted by Crippen LogP contribution is -2.11. The van der Waals surface area contributed by atoms with E-state index < -0.39 is 23.5 Å². The molecule has 0 bridgehead atoms. The second-order valence-electron chi connectivity index (χ2n) is 12.9. The zero-order valence-corrected chi connectivity index (χ0v) is 28.3. The number of aryl methyl sites for hydroxylation is 2. The number of halogens is 6. The molecule has 4 nitrogen and oxygen atoms in total. The number of benzene rings is 6. The Hall–Kier alpha value is -6.29. The third-order valence-electron chi connectivity index (χ3n) is 9.18. The predicted molar refractivity (Wildman–Crippen MR) is 195 cm³/mol. The Bertz CT molecular complexity index is 2510. The zero-order chi connectivity index (χ0) is 37.1. The fourth-order valence-electron chi connectivity index (χ4n) is 6.68. The number of fused-ring (bicyclic) bond motifs is 3. The first-order chi connectivity index (χ1) is 25.3. The molecule has 0 saturated carbocycles. The fourth-order valence-corrected chi connectivity index (χ4v) is 6.68. The summed E-state index contributed by atoms with van der Waals surface area (Å²) in [5, 5.41) is 2.00. The predicted octanol–water partition coefficient (Wildman–Crippen LogP) is 12.3. The lowest BCUT2D eigenvalue weighted by atomic mass is 9.94. The van der Waals surface area contributed by atoms with Crippen LogP contribution in [0.3, 0.4) is 0 Å². The lowest BCUT2D eigenvalue weighted by Gasteiger charge is -2.18. The summed E-state index contributed by atoms with van der Waals surface area (Å²) in [7, 11) is 0. The van der Waals surface area contributed by atoms with Gasteiger partial charge in [0.25, 0.3) is 0 Å². The molecule has 0 amide bonds. The van der Waals surface area contributed by atoms with Crippen molar-refractivity contribution < 1.29 is 26.3 Å². The average Bonchev–Trinajstić information content (AvgIpc) is 3.46. The third-order valence-corrected chi connectivity index (χ3v) is 9.18. The Morgan fingerprint density at radius 3 is 1.38 bits per heavy atom. The van der Waals surface area contributed by atoms with Crippen molar-refractivity contribution in [1.82, 2.24) is 19.5 Å². The Balaban J connectivity index is 1.46. The van der Waals surface area contributed by atoms with Crippen molar-refractivity contribution in [2.24, 2.45) is 0 Å². The Morgan fingerprint density at radius 2 is 0.906 bits per heavy atom. The van der Waals surface area contributed by atoms with E-state index >= 15 is 0 Å². The van der Waals surface area contributed by atoms with Crippen molar-refractivity contribution in [1.29, 1.82) is 0 Å². The number of hydrogen-bond donors (Lipinski definition) is 0. The molecule has 53 heavy (non-hydrogen) atoms. The number of aromatic nitrogens is 4. The van der Waals surface area contributed by atoms with Gasteiger partial charge in [-0.05, 0) is 79.6 Å². The first kappa shape index (κ1) is 33.8. The van der Waals surface area contributed by atoms with Crippen LogP contribution in [0.25, 0.3) is 72.8 Å². The molecule has 0 spiro atoms. The molecule has 8 rings (SSSR count). The van der Waals surface area contributed by atoms with Crippen molar-refractivity contribution >= 4 is 21.8 Å². The molecule has 0 unspecified atom stereocenters. The van der Waals surface area contributed by atoms with Crippen LogP contribution in [0.2, 0.25) is 0 Å². The number of hydrogen-bond acceptors (Lipinski definition) is 3. The first-order valence-corrected chi connectivity index (χ1v) is 16.7. The van der Waals surface area contributed by atoms with E-state index in [0.29, 0.717) is 16.8 Å². The van der Waals surface area contributed by atoms with Crippen LogP contribution in [0.5, 0.6) is 0 Å². The zero-order valence-electron chi connectivity index (χ0n) is 28.3. The van der Waals surface area contributed by atoms with Crippen LogP contribution in [0, 0.1) is 13.8 Å². The van der Waals surface area contributed by atoms with Gasteiger partial charge in [0.05, 0.1) is 22.2 Å². The van der Waals surface area contributed by atoms with Gasteiger partial charge in [0.1, 0.15) is 0 Å². The minimum Gasteiger partial charge on any atom is -0.309 e. The number of nitrogens with zero attached hydrogens (tertiary/aromatic N) is 4. The van der Waals surface area contributed by atoms with Gasteiger partial charge in [-0.15, -0.1) is 0 Å². The highest BCUT2D eigenvalue weighted by atomic mass is 19.4. The molecular formula is C43H28F6N4. The molecule has 10 heteroatoms. The molecule has 0 radical (unpaired) electrons. The van der Waals surface area contributed by atoms with Crippen molar-refractivity contribution in [3.63, 3.8) is 0 Å². The van der Waals surface area contributed by atoms with Crippen LogP contribution >= 0.6 is 0 Å². The highest BCUT2D eigenvalue weighted by Crippen LogP contribution is 2.42. The second kappa shape index (κ2) is 12.7. The normalized spacial score (nSPS) is 12.2. The topological polar surface area (TPSA) is 43.6 Å². The van der Waals surface area contributed by atoms with Crippen molar-refractivity contribution in [3.8, 4) is 51.0 Å². The minimum absolute atomic E-state index is 0.0768. The number of rotatable bonds is 5. The van der Waals surface area contributed by atoms with Crippen LogP contribution in [-0.4, -0.2) is 19.5 Å². The summed E-state index contributed by atoms with van der Waals surface area (Å²) in [6.07, 6.45) is -10.1. The third kappa shape index (κ3) is 6.41. The summed E-state index contributed by atoms with van der Waals surface area (Å²) in [6.45, 7) is 4.01. The maximum absolute atomic E-state index is 14.2. The van der Waals surface area contributed by atoms with Gasteiger partial charge in [-0.1, -0.05) is 90.0 Å². The van der Waals surface area contributed by atoms with Crippen LogP contribution in [-0.2, 0) is 12.4 Å². The summed E-state index contributed by atoms with van der Waals surface area (Å²) in [5.74, 6) is 0.648. The molecule has 0 saturated heterocycles. The monoisotopic (exact) mass is 714 g/mol. The van der Waals surface area contributed by atoms with Gasteiger partial charge in [-0.2, -0.15) is 26.3 Å². The molecule has 2 heterocycles. The van der Waals surface area contributed by atoms with E-state index in [-0.39, 0.29) is 40.2 Å². The summed E-state index contributed by atoms with van der Waals surface area (Å²) >= 11 is 0. The summed E-state index contributed by atoms with van der Waals surface area (Å²) in [5.41, 5.74) is 2.97. The maximum Gasteiger partial charge on any atom is 0.416 e. The van der Waals surface area contributed by atoms with E-state index in [9.17, 15) is 26.3 Å². The van der Waals surface area contributed by atoms with Gasteiger partial charge in [-0.3, -0.25) is 0 Å². The van der Waals surface area contributed by atoms with Gasteiger partial charge in [0, 0.05) is 33.2 Å². The molecule has 0 aliphatic rings. The lowest BCUT2D eigenvalue weighted by molar-refractivity contribution is -0.143. The average molecular weight is 715 g/mol. The SMILES string of the molecule is Cc1ccc2c(c1)c1cc(C)ccc1n2-c1ccc(-c2cc(C(F)(F)F)cc(C(F)(F)F)c2)c(-c2nc(-c3ccccc3)nc(-c3ccccc3)n2)c1. The molecule has 0 aliphatic heterocycles. The van der Waals surface area contributed by atoms with Crippen molar-refractivity contribution in [3.05, 3.63) is 156 Å². The molecule has 8 aromatic rings. The summed E-state index contributed by atoms with van der Waals surface area (Å²) < 4.78 is 87.0. The smallest absolute Gasteiger partial charge is 0.309 e. The van der Waals surface area contributed by atoms with Gasteiger partial charge >= 0.3 is 12.4 Å². The Morgan fingerprint density at radius 1 is 0.434 bits per heavy atom. The van der Waals surface area contributed by atoms with Crippen molar-refractivity contribution in [2.75, 3.05) is 0 Å². The highest BCUT2D eigenvalue weighted by molar-refractivity contribution is 6.10. The van der Waals surface area contributed by atoms with Gasteiger partial charge in [0.2, 0.25) is 0 Å². The Labute approximate surface area is 300 Å². The van der Waals surface area contributed by atoms with Crippen LogP contribution in [0.15, 0.2) is 133 Å². The van der Waals surface area contributed by atoms with Crippen LogP contribution in [0.1, 0.15) is 22.3 Å². The molecule has 0 aliphatic carbocycles. The fraction of sp³-hybridized carbons (Fsp3) is 0.0930. The standard InChI is InChI=1S/C43H28F6N4/c1-25-13-17-37-34(19-25)35-20-26(2)14-18-38(35)53(37)32-15-16-33(29-21-30(42(44,45)46)23-31(22-29)43(47,48)49)36(24-32)41-51-39(27-9-5-3-6-10-27)50-40(52-41)28-11-7-4-8-12-28/h3-24H,1-2H3. The quantitative estimate of drug-likeness (QED) is 0.167. The van der Waals surface area contributed by atoms with E-state index in [1.807, 2.05) is 103 Å². The summed E-state index contributed by atoms with van der Waals surface area (Å²) in [6, 6.07) is 36.9. The maximum atomic E-state index is 14.2. The highest BCUT2D eigenvalue weighted by Gasteiger charge is 2.37. The van der Waals surface area contributed by atoms with Crippen molar-refractivity contribution in [2.45, 2.75) is 26.2 Å². The molecule has 6 aromatic carbocycles. The van der Waals surface area contributed by atoms with Crippen LogP contribution in [0.4, 0.5) is 26.3 Å². The minimum atomic E-state index is -5.04. The molecular weight excluding hydrogens is 686 g/mol. The van der Waals surface area contributed by atoms with E-state index in [1.165, 1.54) is 6.07 Å². The van der Waals surface area contributed by atoms with Gasteiger partial charge in [0.15, 0.2) is 17.5 Å². The number of alkyl halides is 6. The molecule has 0 N–H and O–H groups in total. The second-order valence-corrected chi connectivity index (χ2v) is 12.9. The largest absolute Gasteiger partial charge is 0.416 e. The van der Waals surface area contributed by atoms with Crippen LogP contribution < -0.4 is 0 Å². The summed E-state index contributed by atoms with van der Waals surface area (Å²) in [4.78, 5) is 14.4. The van der Waals surface area contributed by atoms with Gasteiger partial charge in [-0.25, -0.2) is 15.0 Å². The van der Waals surface area contributed by atoms with E-state index in [0.717, 1.165) is 45.1 Å². The first-order valence-electron chi connectivity index (χ1n) is 16.7. The molecule has 0 atom stereocenters. The Kier molecular flexibility index (Phi) is 8.13. The van der Waals surface area contributed by atoms with E-state index in [2.05, 4.69) is 12.1 Å². The van der Waals surface area contributed by atoms with E-state index in [1.54, 1.807) is 12.1 Å².